The molecular formula is C26H27N5O14S4. The molecule has 0 heterocycles. The summed E-state index contributed by atoms with van der Waals surface area (Å²) in [4.78, 5) is -2.02. The number of anilines is 1. The van der Waals surface area contributed by atoms with E-state index in [9.17, 15) is 48.6 Å². The van der Waals surface area contributed by atoms with Gasteiger partial charge in [0, 0.05) is 0 Å². The number of aromatic hydroxyl groups is 1. The van der Waals surface area contributed by atoms with Crippen LogP contribution in [-0.4, -0.2) is 72.6 Å². The summed E-state index contributed by atoms with van der Waals surface area (Å²) in [5.74, 6) is -1.46. The first-order chi connectivity index (χ1) is 22.6. The van der Waals surface area contributed by atoms with E-state index in [0.29, 0.717) is 0 Å². The molecule has 4 aromatic carbocycles. The van der Waals surface area contributed by atoms with Gasteiger partial charge in [-0.25, -0.2) is 12.6 Å². The summed E-state index contributed by atoms with van der Waals surface area (Å²) in [7, 11) is -17.4. The van der Waals surface area contributed by atoms with Gasteiger partial charge in [-0.05, 0) is 66.4 Å². The van der Waals surface area contributed by atoms with Crippen LogP contribution in [0.1, 0.15) is 5.56 Å². The first-order valence-electron chi connectivity index (χ1n) is 13.2. The molecule has 0 saturated heterocycles. The number of aryl methyl sites for hydroxylation is 1. The van der Waals surface area contributed by atoms with Crippen LogP contribution >= 0.6 is 10.9 Å². The van der Waals surface area contributed by atoms with Gasteiger partial charge in [-0.2, -0.15) is 21.9 Å². The zero-order valence-corrected chi connectivity index (χ0v) is 28.3. The number of fused-ring (bicyclic) bond motifs is 1. The number of nitrogens with zero attached hydrogens (tertiary/aromatic N) is 4. The predicted octanol–water partition coefficient (Wildman–Crippen LogP) is 5.70. The highest BCUT2D eigenvalue weighted by molar-refractivity contribution is 8.19. The van der Waals surface area contributed by atoms with Crippen LogP contribution in [0.4, 0.5) is 28.4 Å². The molecule has 0 aliphatic carbocycles. The van der Waals surface area contributed by atoms with E-state index in [1.54, 1.807) is 25.1 Å². The van der Waals surface area contributed by atoms with Crippen molar-refractivity contribution in [3.8, 4) is 11.5 Å². The minimum atomic E-state index is -5.13. The molecule has 0 radical (unpaired) electrons. The van der Waals surface area contributed by atoms with Crippen molar-refractivity contribution in [1.82, 2.24) is 0 Å². The molecular weight excluding hydrogens is 735 g/mol. The second kappa shape index (κ2) is 13.9. The number of phenolic OH excluding ortho intramolecular Hbond substituents is 1. The van der Waals surface area contributed by atoms with Crippen molar-refractivity contribution in [2.75, 3.05) is 25.2 Å². The lowest BCUT2D eigenvalue weighted by Crippen LogP contribution is -2.15. The maximum absolute atomic E-state index is 12.4. The molecule has 0 aliphatic heterocycles. The summed E-state index contributed by atoms with van der Waals surface area (Å²) in [5, 5.41) is 26.1. The maximum atomic E-state index is 12.4. The summed E-state index contributed by atoms with van der Waals surface area (Å²) in [5.41, 5.74) is 5.07. The number of benzene rings is 4. The first kappa shape index (κ1) is 37.5. The molecule has 0 spiro atoms. The van der Waals surface area contributed by atoms with Crippen molar-refractivity contribution in [2.45, 2.75) is 21.6 Å². The normalized spacial score (nSPS) is 13.4. The summed E-state index contributed by atoms with van der Waals surface area (Å²) >= 11 is 0. The lowest BCUT2D eigenvalue weighted by Gasteiger charge is -2.23. The average molecular weight is 762 g/mol. The van der Waals surface area contributed by atoms with Crippen molar-refractivity contribution >= 4 is 80.4 Å². The minimum Gasteiger partial charge on any atom is -0.505 e. The summed E-state index contributed by atoms with van der Waals surface area (Å²) in [6.07, 6.45) is 0. The van der Waals surface area contributed by atoms with E-state index in [-0.39, 0.29) is 32.8 Å². The van der Waals surface area contributed by atoms with Crippen LogP contribution in [0, 0.1) is 6.92 Å². The molecule has 0 bridgehead atoms. The third-order valence-corrected chi connectivity index (χ3v) is 10.5. The van der Waals surface area contributed by atoms with Crippen molar-refractivity contribution in [1.29, 1.82) is 0 Å². The number of ether oxygens (including phenoxy) is 1. The molecule has 0 fully saturated rings. The number of phenols is 1. The second-order valence-corrected chi connectivity index (χ2v) is 16.0. The van der Waals surface area contributed by atoms with E-state index in [1.165, 1.54) is 7.11 Å². The van der Waals surface area contributed by atoms with Gasteiger partial charge in [0.1, 0.15) is 38.6 Å². The molecule has 0 amide bonds. The van der Waals surface area contributed by atoms with Crippen molar-refractivity contribution < 1.29 is 62.0 Å². The molecule has 0 unspecified atom stereocenters. The SMILES string of the molecule is COc1ccc(C)cc1N=Nc1c(S(O)(O)O)cc2cc(S(=O)(=O)O)c(N=Nc3ccc(S(=O)(=O)CCOS(=O)(=O)O)cc3)c(N)c2c1O. The Bertz CT molecular complexity index is 2320. The Morgan fingerprint density at radius 3 is 1.96 bits per heavy atom. The Balaban J connectivity index is 1.84. The van der Waals surface area contributed by atoms with Crippen molar-refractivity contribution in [2.24, 2.45) is 20.5 Å². The number of nitrogen functional groups attached to an aromatic ring is 1. The average Bonchev–Trinajstić information content (AvgIpc) is 2.98. The molecule has 49 heavy (non-hydrogen) atoms. The number of azo groups is 2. The molecule has 0 saturated carbocycles. The standard InChI is InChI=1S/C26H27N5O14S4/c1-14-3-8-19(44-2)18(11-14)29-31-25-21(48(38,39)40)13-15-12-20(47(35,36)37)24(23(27)22(15)26(25)32)30-28-16-4-6-17(7-5-16)46(33,34)10-9-45-49(41,42)43/h3-8,11-13,32,38-40H,9-10,27H2,1-2H3,(H,35,36,37)(H,41,42,43). The van der Waals surface area contributed by atoms with Gasteiger partial charge >= 0.3 is 10.4 Å². The van der Waals surface area contributed by atoms with Gasteiger partial charge < -0.3 is 29.2 Å². The molecule has 0 atom stereocenters. The highest BCUT2D eigenvalue weighted by Crippen LogP contribution is 2.56. The molecule has 23 heteroatoms. The van der Waals surface area contributed by atoms with E-state index < -0.39 is 86.2 Å². The highest BCUT2D eigenvalue weighted by atomic mass is 32.3. The fourth-order valence-electron chi connectivity index (χ4n) is 4.29. The Hall–Kier alpha value is -4.30. The quantitative estimate of drug-likeness (QED) is 0.0517. The lowest BCUT2D eigenvalue weighted by atomic mass is 10.1. The molecule has 8 N–H and O–H groups in total. The molecule has 264 valence electrons. The van der Waals surface area contributed by atoms with Gasteiger partial charge in [-0.15, -0.1) is 15.3 Å². The molecule has 19 nitrogen and oxygen atoms in total. The number of sulfone groups is 1. The van der Waals surface area contributed by atoms with Crippen LogP contribution in [0.25, 0.3) is 10.8 Å². The van der Waals surface area contributed by atoms with Gasteiger partial charge in [0.2, 0.25) is 0 Å². The number of hydrogen-bond donors (Lipinski definition) is 7. The Morgan fingerprint density at radius 2 is 1.39 bits per heavy atom. The molecule has 4 rings (SSSR count). The molecule has 0 aromatic heterocycles. The van der Waals surface area contributed by atoms with E-state index >= 15 is 0 Å². The number of rotatable bonds is 12. The van der Waals surface area contributed by atoms with Crippen LogP contribution in [-0.2, 0) is 34.5 Å². The zero-order valence-electron chi connectivity index (χ0n) is 25.1. The van der Waals surface area contributed by atoms with Crippen molar-refractivity contribution in [3.63, 3.8) is 0 Å². The van der Waals surface area contributed by atoms with Crippen molar-refractivity contribution in [3.05, 3.63) is 60.2 Å². The van der Waals surface area contributed by atoms with Crippen LogP contribution in [0.2, 0.25) is 0 Å². The minimum absolute atomic E-state index is 0.0655. The Labute approximate surface area is 280 Å². The topological polar surface area (TPSA) is 318 Å². The third kappa shape index (κ3) is 8.84. The van der Waals surface area contributed by atoms with Crippen LogP contribution < -0.4 is 10.5 Å². The van der Waals surface area contributed by atoms with Gasteiger partial charge in [-0.3, -0.25) is 9.11 Å². The largest absolute Gasteiger partial charge is 0.505 e. The van der Waals surface area contributed by atoms with Gasteiger partial charge in [0.25, 0.3) is 10.1 Å². The highest BCUT2D eigenvalue weighted by Gasteiger charge is 2.29. The number of methoxy groups -OCH3 is 1. The van der Waals surface area contributed by atoms with Crippen LogP contribution in [0.5, 0.6) is 11.5 Å². The first-order valence-corrected chi connectivity index (χ1v) is 19.1. The summed E-state index contributed by atoms with van der Waals surface area (Å²) in [6.45, 7) is 0.880. The van der Waals surface area contributed by atoms with E-state index in [1.807, 2.05) is 0 Å². The predicted molar refractivity (Wildman–Crippen MR) is 176 cm³/mol. The maximum Gasteiger partial charge on any atom is 0.397 e. The fourth-order valence-corrected chi connectivity index (χ4v) is 7.13. The number of nitrogens with two attached hydrogens (primary N) is 1. The Kier molecular flexibility index (Phi) is 10.6. The monoisotopic (exact) mass is 761 g/mol. The molecule has 0 aliphatic rings. The lowest BCUT2D eigenvalue weighted by molar-refractivity contribution is 0.284. The Morgan fingerprint density at radius 1 is 0.776 bits per heavy atom. The van der Waals surface area contributed by atoms with Gasteiger partial charge in [0.05, 0.1) is 46.0 Å². The van der Waals surface area contributed by atoms with Crippen LogP contribution in [0.15, 0.2) is 89.7 Å². The fraction of sp³-hybridized carbons (Fsp3) is 0.154. The molecule has 4 aromatic rings. The smallest absolute Gasteiger partial charge is 0.397 e. The van der Waals surface area contributed by atoms with E-state index in [2.05, 4.69) is 24.6 Å². The van der Waals surface area contributed by atoms with Crippen LogP contribution in [0.3, 0.4) is 0 Å². The second-order valence-electron chi connectivity index (χ2n) is 9.94. The van der Waals surface area contributed by atoms with Gasteiger partial charge in [0.15, 0.2) is 15.6 Å². The number of hydrogen-bond acceptors (Lipinski definition) is 17. The summed E-state index contributed by atoms with van der Waals surface area (Å²) < 4.78 is 129. The third-order valence-electron chi connectivity index (χ3n) is 6.52. The summed E-state index contributed by atoms with van der Waals surface area (Å²) in [6, 6.07) is 10.9. The van der Waals surface area contributed by atoms with Gasteiger partial charge in [-0.1, -0.05) is 6.07 Å². The van der Waals surface area contributed by atoms with E-state index in [0.717, 1.165) is 42.0 Å². The van der Waals surface area contributed by atoms with E-state index in [4.69, 9.17) is 15.0 Å². The zero-order chi connectivity index (χ0) is 36.5.